The number of quaternary nitrogens is 1. The highest BCUT2D eigenvalue weighted by Crippen LogP contribution is 2.33. The molecular weight excluding hydrogens is 316 g/mol. The van der Waals surface area contributed by atoms with Crippen LogP contribution in [0.4, 0.5) is 0 Å². The lowest BCUT2D eigenvalue weighted by Gasteiger charge is -2.37. The van der Waals surface area contributed by atoms with Gasteiger partial charge in [0.25, 0.3) is 0 Å². The van der Waals surface area contributed by atoms with Crippen LogP contribution in [0.15, 0.2) is 41.2 Å². The highest BCUT2D eigenvalue weighted by Gasteiger charge is 2.25. The molecule has 0 fully saturated rings. The molecule has 0 aliphatic rings. The summed E-state index contributed by atoms with van der Waals surface area (Å²) in [6, 6.07) is 10.2. The minimum Gasteiger partial charge on any atom is -0.507 e. The summed E-state index contributed by atoms with van der Waals surface area (Å²) in [7, 11) is 0. The van der Waals surface area contributed by atoms with Crippen molar-refractivity contribution in [1.29, 1.82) is 0 Å². The lowest BCUT2D eigenvalue weighted by atomic mass is 10.1. The van der Waals surface area contributed by atoms with Crippen molar-refractivity contribution in [3.05, 3.63) is 46.6 Å². The Morgan fingerprint density at radius 1 is 0.920 bits per heavy atom. The lowest BCUT2D eigenvalue weighted by Crippen LogP contribution is -2.48. The second kappa shape index (κ2) is 6.41. The van der Waals surface area contributed by atoms with E-state index in [0.717, 1.165) is 29.6 Å². The number of hydrogen-bond acceptors (Lipinski definition) is 3. The topological polar surface area (TPSA) is 62.5 Å². The van der Waals surface area contributed by atoms with Crippen LogP contribution in [-0.4, -0.2) is 38.9 Å². The van der Waals surface area contributed by atoms with E-state index in [1.54, 1.807) is 6.07 Å². The molecule has 0 unspecified atom stereocenters. The van der Waals surface area contributed by atoms with E-state index in [2.05, 4.69) is 20.8 Å². The predicted octanol–water partition coefficient (Wildman–Crippen LogP) is 3.40. The standard InChI is InChI=1S/C20H24N2O3/c1-4-22(5-2,6-3)13-21-15-10-8-7-9-14(15)20(25)18-16(23)11-12-17(24)19(18)21/h7-12H,4-6,13H2,1-3H3,(H-,23,24,25)/p+1. The van der Waals surface area contributed by atoms with Gasteiger partial charge in [-0.05, 0) is 45.0 Å². The first-order chi connectivity index (χ1) is 12.0. The molecule has 25 heavy (non-hydrogen) atoms. The fourth-order valence-corrected chi connectivity index (χ4v) is 3.64. The molecule has 3 rings (SSSR count). The second-order valence-electron chi connectivity index (χ2n) is 6.53. The van der Waals surface area contributed by atoms with Gasteiger partial charge in [-0.25, -0.2) is 0 Å². The Hall–Kier alpha value is -2.53. The number of fused-ring (bicyclic) bond motifs is 2. The van der Waals surface area contributed by atoms with Crippen LogP contribution in [-0.2, 0) is 6.67 Å². The van der Waals surface area contributed by atoms with Crippen LogP contribution in [0.25, 0.3) is 21.8 Å². The van der Waals surface area contributed by atoms with Crippen molar-refractivity contribution in [2.75, 3.05) is 19.6 Å². The number of pyridine rings is 1. The zero-order valence-corrected chi connectivity index (χ0v) is 15.0. The van der Waals surface area contributed by atoms with Crippen molar-refractivity contribution in [1.82, 2.24) is 4.57 Å². The van der Waals surface area contributed by atoms with Gasteiger partial charge in [0.2, 0.25) is 5.43 Å². The summed E-state index contributed by atoms with van der Waals surface area (Å²) in [5.74, 6) is -0.0861. The third-order valence-corrected chi connectivity index (χ3v) is 5.52. The monoisotopic (exact) mass is 341 g/mol. The molecule has 1 aromatic heterocycles. The molecule has 0 amide bonds. The van der Waals surface area contributed by atoms with E-state index in [-0.39, 0.29) is 22.3 Å². The van der Waals surface area contributed by atoms with Crippen LogP contribution >= 0.6 is 0 Å². The maximum absolute atomic E-state index is 12.9. The third-order valence-electron chi connectivity index (χ3n) is 5.52. The average Bonchev–Trinajstić information content (AvgIpc) is 2.65. The Kier molecular flexibility index (Phi) is 4.43. The zero-order chi connectivity index (χ0) is 18.2. The van der Waals surface area contributed by atoms with E-state index < -0.39 is 0 Å². The Balaban J connectivity index is 2.49. The van der Waals surface area contributed by atoms with Gasteiger partial charge in [0, 0.05) is 5.39 Å². The van der Waals surface area contributed by atoms with Gasteiger partial charge in [0.15, 0.2) is 6.67 Å². The summed E-state index contributed by atoms with van der Waals surface area (Å²) in [5.41, 5.74) is 0.929. The van der Waals surface area contributed by atoms with Crippen molar-refractivity contribution in [3.8, 4) is 11.5 Å². The fourth-order valence-electron chi connectivity index (χ4n) is 3.64. The highest BCUT2D eigenvalue weighted by molar-refractivity contribution is 5.99. The van der Waals surface area contributed by atoms with Crippen LogP contribution in [0.5, 0.6) is 11.5 Å². The van der Waals surface area contributed by atoms with Gasteiger partial charge in [0.1, 0.15) is 17.0 Å². The van der Waals surface area contributed by atoms with Crippen molar-refractivity contribution in [3.63, 3.8) is 0 Å². The maximum atomic E-state index is 12.9. The van der Waals surface area contributed by atoms with E-state index in [4.69, 9.17) is 0 Å². The number of nitrogens with zero attached hydrogens (tertiary/aromatic N) is 2. The number of rotatable bonds is 5. The molecule has 0 saturated heterocycles. The van der Waals surface area contributed by atoms with Gasteiger partial charge in [-0.3, -0.25) is 9.36 Å². The summed E-state index contributed by atoms with van der Waals surface area (Å²) in [5, 5.41) is 21.5. The number of phenolic OH excluding ortho intramolecular Hbond substituents is 2. The number of aromatic hydroxyl groups is 2. The molecule has 5 nitrogen and oxygen atoms in total. The summed E-state index contributed by atoms with van der Waals surface area (Å²) in [4.78, 5) is 12.9. The van der Waals surface area contributed by atoms with E-state index in [0.29, 0.717) is 17.6 Å². The zero-order valence-electron chi connectivity index (χ0n) is 15.0. The van der Waals surface area contributed by atoms with Crippen LogP contribution in [0.3, 0.4) is 0 Å². The van der Waals surface area contributed by atoms with Gasteiger partial charge in [0.05, 0.1) is 30.5 Å². The minimum absolute atomic E-state index is 0.0112. The molecule has 2 aromatic carbocycles. The van der Waals surface area contributed by atoms with Crippen LogP contribution in [0.2, 0.25) is 0 Å². The fraction of sp³-hybridized carbons (Fsp3) is 0.350. The lowest BCUT2D eigenvalue weighted by molar-refractivity contribution is -0.943. The Bertz CT molecular complexity index is 979. The smallest absolute Gasteiger partial charge is 0.201 e. The van der Waals surface area contributed by atoms with Crippen LogP contribution < -0.4 is 5.43 Å². The number of aromatic nitrogens is 1. The summed E-state index contributed by atoms with van der Waals surface area (Å²) in [6.45, 7) is 9.89. The SMILES string of the molecule is CC[N+](CC)(CC)Cn1c2ccccc2c(=O)c2c(O)ccc(O)c21. The van der Waals surface area contributed by atoms with E-state index in [1.165, 1.54) is 12.1 Å². The maximum Gasteiger partial charge on any atom is 0.201 e. The molecule has 2 N–H and O–H groups in total. The van der Waals surface area contributed by atoms with Crippen molar-refractivity contribution < 1.29 is 14.7 Å². The molecule has 0 atom stereocenters. The largest absolute Gasteiger partial charge is 0.507 e. The molecule has 3 aromatic rings. The third kappa shape index (κ3) is 2.65. The number of para-hydroxylation sites is 1. The van der Waals surface area contributed by atoms with Gasteiger partial charge in [-0.2, -0.15) is 0 Å². The number of hydrogen-bond donors (Lipinski definition) is 2. The summed E-state index contributed by atoms with van der Waals surface area (Å²) in [6.07, 6.45) is 0. The van der Waals surface area contributed by atoms with Crippen LogP contribution in [0.1, 0.15) is 20.8 Å². The minimum atomic E-state index is -0.252. The molecule has 1 heterocycles. The number of benzene rings is 2. The summed E-state index contributed by atoms with van der Waals surface area (Å²) < 4.78 is 2.80. The first kappa shape index (κ1) is 17.3. The molecule has 0 radical (unpaired) electrons. The van der Waals surface area contributed by atoms with E-state index in [9.17, 15) is 15.0 Å². The first-order valence-electron chi connectivity index (χ1n) is 8.79. The van der Waals surface area contributed by atoms with Gasteiger partial charge in [-0.1, -0.05) is 12.1 Å². The van der Waals surface area contributed by atoms with Gasteiger partial charge in [-0.15, -0.1) is 0 Å². The molecule has 0 aliphatic heterocycles. The predicted molar refractivity (Wildman–Crippen MR) is 101 cm³/mol. The Labute approximate surface area is 146 Å². The quantitative estimate of drug-likeness (QED) is 0.425. The molecule has 0 bridgehead atoms. The normalized spacial score (nSPS) is 12.1. The summed E-state index contributed by atoms with van der Waals surface area (Å²) >= 11 is 0. The molecular formula is C20H25N2O3+. The van der Waals surface area contributed by atoms with Gasteiger partial charge < -0.3 is 14.7 Å². The average molecular weight is 341 g/mol. The molecule has 0 spiro atoms. The highest BCUT2D eigenvalue weighted by atomic mass is 16.3. The van der Waals surface area contributed by atoms with E-state index in [1.807, 2.05) is 22.8 Å². The van der Waals surface area contributed by atoms with E-state index >= 15 is 0 Å². The number of phenols is 2. The molecule has 0 saturated carbocycles. The molecule has 132 valence electrons. The molecule has 0 aliphatic carbocycles. The van der Waals surface area contributed by atoms with Crippen molar-refractivity contribution in [2.24, 2.45) is 0 Å². The first-order valence-corrected chi connectivity index (χ1v) is 8.79. The second-order valence-corrected chi connectivity index (χ2v) is 6.53. The van der Waals surface area contributed by atoms with Crippen molar-refractivity contribution >= 4 is 21.8 Å². The Morgan fingerprint density at radius 3 is 2.16 bits per heavy atom. The van der Waals surface area contributed by atoms with Gasteiger partial charge >= 0.3 is 0 Å². The Morgan fingerprint density at radius 2 is 1.52 bits per heavy atom. The van der Waals surface area contributed by atoms with Crippen LogP contribution in [0, 0.1) is 0 Å². The van der Waals surface area contributed by atoms with Crippen molar-refractivity contribution in [2.45, 2.75) is 27.4 Å². The molecule has 5 heteroatoms.